The van der Waals surface area contributed by atoms with Crippen LogP contribution in [0, 0.1) is 0 Å². The van der Waals surface area contributed by atoms with Crippen LogP contribution < -0.4 is 10.6 Å². The van der Waals surface area contributed by atoms with Gasteiger partial charge in [0.05, 0.1) is 17.7 Å². The van der Waals surface area contributed by atoms with Crippen molar-refractivity contribution in [2.45, 2.75) is 44.4 Å². The Morgan fingerprint density at radius 2 is 1.91 bits per heavy atom. The van der Waals surface area contributed by atoms with E-state index < -0.39 is 5.97 Å². The van der Waals surface area contributed by atoms with Gasteiger partial charge >= 0.3 is 12.0 Å². The number of aromatic carboxylic acids is 1. The number of amides is 2. The third-order valence-electron chi connectivity index (χ3n) is 3.98. The number of urea groups is 1. The summed E-state index contributed by atoms with van der Waals surface area (Å²) in [7, 11) is 1.67. The number of rotatable bonds is 5. The highest BCUT2D eigenvalue weighted by Gasteiger charge is 2.26. The van der Waals surface area contributed by atoms with Crippen LogP contribution in [0.2, 0.25) is 0 Å². The highest BCUT2D eigenvalue weighted by Crippen LogP contribution is 2.20. The number of hydrogen-bond donors (Lipinski definition) is 3. The number of methoxy groups -OCH3 is 1. The van der Waals surface area contributed by atoms with E-state index in [9.17, 15) is 9.59 Å². The maximum absolute atomic E-state index is 11.9. The van der Waals surface area contributed by atoms with Crippen molar-refractivity contribution in [1.82, 2.24) is 10.6 Å². The molecule has 1 fully saturated rings. The number of benzene rings is 1. The topological polar surface area (TPSA) is 87.7 Å². The first-order chi connectivity index (χ1) is 10.6. The molecule has 2 atom stereocenters. The number of nitrogens with one attached hydrogen (secondary N) is 2. The third-order valence-corrected chi connectivity index (χ3v) is 3.98. The number of carboxylic acids is 1. The van der Waals surface area contributed by atoms with Crippen LogP contribution >= 0.6 is 0 Å². The Morgan fingerprint density at radius 3 is 2.55 bits per heavy atom. The monoisotopic (exact) mass is 306 g/mol. The van der Waals surface area contributed by atoms with E-state index in [1.807, 2.05) is 0 Å². The van der Waals surface area contributed by atoms with E-state index in [-0.39, 0.29) is 23.7 Å². The first kappa shape index (κ1) is 16.3. The zero-order valence-electron chi connectivity index (χ0n) is 12.7. The Hall–Kier alpha value is -2.08. The summed E-state index contributed by atoms with van der Waals surface area (Å²) in [5, 5.41) is 14.6. The number of carboxylic acid groups (broad SMARTS) is 1. The van der Waals surface area contributed by atoms with Gasteiger partial charge in [-0.1, -0.05) is 25.0 Å². The van der Waals surface area contributed by atoms with Crippen LogP contribution in [0.3, 0.4) is 0 Å². The quantitative estimate of drug-likeness (QED) is 0.777. The zero-order valence-corrected chi connectivity index (χ0v) is 12.7. The van der Waals surface area contributed by atoms with Gasteiger partial charge in [0.25, 0.3) is 0 Å². The van der Waals surface area contributed by atoms with Crippen molar-refractivity contribution in [1.29, 1.82) is 0 Å². The SMILES string of the molecule is CO[C@@H]1CCCC[C@H]1NC(=O)NCc1ccc(C(=O)O)cc1. The summed E-state index contributed by atoms with van der Waals surface area (Å²) >= 11 is 0. The smallest absolute Gasteiger partial charge is 0.335 e. The molecular formula is C16H22N2O4. The molecule has 0 aromatic heterocycles. The molecule has 6 nitrogen and oxygen atoms in total. The van der Waals surface area contributed by atoms with Crippen LogP contribution in [0.1, 0.15) is 41.6 Å². The lowest BCUT2D eigenvalue weighted by Gasteiger charge is -2.31. The second kappa shape index (κ2) is 7.79. The molecule has 0 saturated heterocycles. The predicted octanol–water partition coefficient (Wildman–Crippen LogP) is 2.14. The molecule has 0 bridgehead atoms. The molecule has 0 radical (unpaired) electrons. The Balaban J connectivity index is 1.80. The fourth-order valence-electron chi connectivity index (χ4n) is 2.71. The molecule has 0 unspecified atom stereocenters. The molecule has 120 valence electrons. The average molecular weight is 306 g/mol. The van der Waals surface area contributed by atoms with Crippen LogP contribution in [0.4, 0.5) is 4.79 Å². The van der Waals surface area contributed by atoms with E-state index >= 15 is 0 Å². The van der Waals surface area contributed by atoms with E-state index in [0.29, 0.717) is 6.54 Å². The molecule has 0 heterocycles. The van der Waals surface area contributed by atoms with Gasteiger partial charge in [0.1, 0.15) is 0 Å². The normalized spacial score (nSPS) is 21.1. The molecule has 0 spiro atoms. The van der Waals surface area contributed by atoms with Crippen LogP contribution in [-0.2, 0) is 11.3 Å². The van der Waals surface area contributed by atoms with Gasteiger partial charge in [-0.2, -0.15) is 0 Å². The highest BCUT2D eigenvalue weighted by atomic mass is 16.5. The summed E-state index contributed by atoms with van der Waals surface area (Å²) in [5.41, 5.74) is 1.09. The predicted molar refractivity (Wildman–Crippen MR) is 81.8 cm³/mol. The van der Waals surface area contributed by atoms with E-state index in [1.165, 1.54) is 12.1 Å². The molecule has 1 saturated carbocycles. The van der Waals surface area contributed by atoms with Crippen LogP contribution in [-0.4, -0.2) is 36.4 Å². The van der Waals surface area contributed by atoms with Crippen molar-refractivity contribution in [3.05, 3.63) is 35.4 Å². The molecule has 1 aromatic rings. The molecule has 22 heavy (non-hydrogen) atoms. The molecule has 2 amide bonds. The van der Waals surface area contributed by atoms with Gasteiger partial charge in [0.15, 0.2) is 0 Å². The second-order valence-electron chi connectivity index (χ2n) is 5.49. The molecule has 1 aliphatic rings. The Kier molecular flexibility index (Phi) is 5.77. The molecule has 6 heteroatoms. The minimum atomic E-state index is -0.958. The summed E-state index contributed by atoms with van der Waals surface area (Å²) < 4.78 is 5.40. The maximum atomic E-state index is 11.9. The zero-order chi connectivity index (χ0) is 15.9. The van der Waals surface area contributed by atoms with Crippen molar-refractivity contribution in [3.8, 4) is 0 Å². The van der Waals surface area contributed by atoms with Crippen molar-refractivity contribution < 1.29 is 19.4 Å². The van der Waals surface area contributed by atoms with Crippen molar-refractivity contribution >= 4 is 12.0 Å². The first-order valence-electron chi connectivity index (χ1n) is 7.49. The summed E-state index contributed by atoms with van der Waals surface area (Å²) in [6, 6.07) is 6.27. The van der Waals surface area contributed by atoms with Gasteiger partial charge in [-0.05, 0) is 30.5 Å². The van der Waals surface area contributed by atoms with Crippen molar-refractivity contribution in [2.75, 3.05) is 7.11 Å². The molecule has 1 aliphatic carbocycles. The largest absolute Gasteiger partial charge is 0.478 e. The number of carbonyl (C=O) groups is 2. The number of ether oxygens (including phenoxy) is 1. The lowest BCUT2D eigenvalue weighted by molar-refractivity contribution is 0.0452. The van der Waals surface area contributed by atoms with Gasteiger partial charge in [-0.25, -0.2) is 9.59 Å². The van der Waals surface area contributed by atoms with Gasteiger partial charge in [0, 0.05) is 13.7 Å². The molecule has 2 rings (SSSR count). The van der Waals surface area contributed by atoms with E-state index in [2.05, 4.69) is 10.6 Å². The number of hydrogen-bond acceptors (Lipinski definition) is 3. The summed E-state index contributed by atoms with van der Waals surface area (Å²) in [6.07, 6.45) is 4.21. The van der Waals surface area contributed by atoms with E-state index in [0.717, 1.165) is 31.2 Å². The Morgan fingerprint density at radius 1 is 1.23 bits per heavy atom. The van der Waals surface area contributed by atoms with Crippen LogP contribution in [0.15, 0.2) is 24.3 Å². The van der Waals surface area contributed by atoms with Crippen molar-refractivity contribution in [2.24, 2.45) is 0 Å². The van der Waals surface area contributed by atoms with Crippen LogP contribution in [0.5, 0.6) is 0 Å². The van der Waals surface area contributed by atoms with Gasteiger partial charge < -0.3 is 20.5 Å². The van der Waals surface area contributed by atoms with Crippen molar-refractivity contribution in [3.63, 3.8) is 0 Å². The second-order valence-corrected chi connectivity index (χ2v) is 5.49. The lowest BCUT2D eigenvalue weighted by Crippen LogP contribution is -2.49. The van der Waals surface area contributed by atoms with Gasteiger partial charge in [0.2, 0.25) is 0 Å². The first-order valence-corrected chi connectivity index (χ1v) is 7.49. The summed E-state index contributed by atoms with van der Waals surface area (Å²) in [4.78, 5) is 22.7. The fraction of sp³-hybridized carbons (Fsp3) is 0.500. The minimum Gasteiger partial charge on any atom is -0.478 e. The van der Waals surface area contributed by atoms with E-state index in [4.69, 9.17) is 9.84 Å². The third kappa shape index (κ3) is 4.46. The molecular weight excluding hydrogens is 284 g/mol. The highest BCUT2D eigenvalue weighted by molar-refractivity contribution is 5.87. The molecule has 0 aliphatic heterocycles. The average Bonchev–Trinajstić information content (AvgIpc) is 2.54. The Bertz CT molecular complexity index is 515. The van der Waals surface area contributed by atoms with Gasteiger partial charge in [-0.3, -0.25) is 0 Å². The van der Waals surface area contributed by atoms with E-state index in [1.54, 1.807) is 19.2 Å². The summed E-state index contributed by atoms with van der Waals surface area (Å²) in [5.74, 6) is -0.958. The number of carbonyl (C=O) groups excluding carboxylic acids is 1. The van der Waals surface area contributed by atoms with Gasteiger partial charge in [-0.15, -0.1) is 0 Å². The maximum Gasteiger partial charge on any atom is 0.335 e. The Labute approximate surface area is 129 Å². The fourth-order valence-corrected chi connectivity index (χ4v) is 2.71. The molecule has 1 aromatic carbocycles. The minimum absolute atomic E-state index is 0.0492. The summed E-state index contributed by atoms with van der Waals surface area (Å²) in [6.45, 7) is 0.357. The lowest BCUT2D eigenvalue weighted by atomic mass is 9.92. The molecule has 3 N–H and O–H groups in total. The van der Waals surface area contributed by atoms with Crippen LogP contribution in [0.25, 0.3) is 0 Å². The standard InChI is InChI=1S/C16H22N2O4/c1-22-14-5-3-2-4-13(14)18-16(21)17-10-11-6-8-12(9-7-11)15(19)20/h6-9,13-14H,2-5,10H2,1H3,(H,19,20)(H2,17,18,21)/t13-,14-/m1/s1.